The van der Waals surface area contributed by atoms with Crippen LogP contribution in [0.25, 0.3) is 0 Å². The highest BCUT2D eigenvalue weighted by Crippen LogP contribution is 2.34. The summed E-state index contributed by atoms with van der Waals surface area (Å²) in [7, 11) is 0. The molecule has 3 aromatic carbocycles. The summed E-state index contributed by atoms with van der Waals surface area (Å²) < 4.78 is 5.90. The maximum absolute atomic E-state index is 5.90. The van der Waals surface area contributed by atoms with Gasteiger partial charge in [-0.3, -0.25) is 0 Å². The first-order chi connectivity index (χ1) is 11.8. The second-order valence-corrected chi connectivity index (χ2v) is 6.01. The van der Waals surface area contributed by atoms with Crippen LogP contribution in [-0.4, -0.2) is 4.99 Å². The van der Waals surface area contributed by atoms with Gasteiger partial charge in [-0.05, 0) is 29.8 Å². The standard InChI is InChI=1S/C20H16N2OS/c24-20-16-8-4-5-9-17(16)21-18-11-10-15(12-19(18)22-20)23-13-14-6-2-1-3-7-14/h1-12,21H,13H2,(H,22,24). The van der Waals surface area contributed by atoms with Crippen molar-refractivity contribution in [2.45, 2.75) is 6.61 Å². The average molecular weight is 332 g/mol. The van der Waals surface area contributed by atoms with Crippen molar-refractivity contribution in [1.29, 1.82) is 0 Å². The van der Waals surface area contributed by atoms with E-state index in [-0.39, 0.29) is 0 Å². The lowest BCUT2D eigenvalue weighted by atomic mass is 10.2. The quantitative estimate of drug-likeness (QED) is 0.653. The Bertz CT molecular complexity index is 893. The topological polar surface area (TPSA) is 33.3 Å². The summed E-state index contributed by atoms with van der Waals surface area (Å²) in [5.41, 5.74) is 5.04. The van der Waals surface area contributed by atoms with Gasteiger partial charge >= 0.3 is 0 Å². The van der Waals surface area contributed by atoms with Crippen molar-refractivity contribution >= 4 is 34.3 Å². The number of fused-ring (bicyclic) bond motifs is 2. The lowest BCUT2D eigenvalue weighted by Crippen LogP contribution is -2.09. The maximum Gasteiger partial charge on any atom is 0.122 e. The Hall–Kier alpha value is -2.85. The summed E-state index contributed by atoms with van der Waals surface area (Å²) in [6, 6.07) is 24.1. The zero-order valence-corrected chi connectivity index (χ0v) is 13.8. The third-order valence-electron chi connectivity index (χ3n) is 3.93. The van der Waals surface area contributed by atoms with Crippen molar-refractivity contribution in [2.24, 2.45) is 0 Å². The van der Waals surface area contributed by atoms with Gasteiger partial charge in [-0.1, -0.05) is 54.7 Å². The third-order valence-corrected chi connectivity index (χ3v) is 4.25. The number of thiocarbonyl (C=S) groups is 1. The molecule has 24 heavy (non-hydrogen) atoms. The van der Waals surface area contributed by atoms with E-state index in [4.69, 9.17) is 17.0 Å². The van der Waals surface area contributed by atoms with E-state index in [1.54, 1.807) is 0 Å². The molecule has 1 aliphatic rings. The number of para-hydroxylation sites is 1. The fourth-order valence-electron chi connectivity index (χ4n) is 2.69. The highest BCUT2D eigenvalue weighted by Gasteiger charge is 2.16. The fourth-order valence-corrected chi connectivity index (χ4v) is 2.98. The molecule has 0 unspecified atom stereocenters. The number of hydrogen-bond acceptors (Lipinski definition) is 3. The molecular weight excluding hydrogens is 316 g/mol. The van der Waals surface area contributed by atoms with Crippen LogP contribution in [0.4, 0.5) is 17.1 Å². The van der Waals surface area contributed by atoms with Gasteiger partial charge in [0, 0.05) is 17.3 Å². The molecule has 1 heterocycles. The molecule has 3 nitrogen and oxygen atoms in total. The van der Waals surface area contributed by atoms with Gasteiger partial charge in [0.25, 0.3) is 0 Å². The Morgan fingerprint density at radius 3 is 2.42 bits per heavy atom. The van der Waals surface area contributed by atoms with Crippen LogP contribution in [0.1, 0.15) is 11.1 Å². The molecular formula is C20H16N2OS. The van der Waals surface area contributed by atoms with E-state index in [2.05, 4.69) is 22.8 Å². The van der Waals surface area contributed by atoms with E-state index in [1.165, 1.54) is 0 Å². The number of hydrogen-bond donors (Lipinski definition) is 2. The second kappa shape index (κ2) is 6.34. The molecule has 0 amide bonds. The van der Waals surface area contributed by atoms with Crippen LogP contribution in [0.2, 0.25) is 0 Å². The summed E-state index contributed by atoms with van der Waals surface area (Å²) in [6.07, 6.45) is 0. The molecule has 0 aliphatic carbocycles. The number of rotatable bonds is 3. The van der Waals surface area contributed by atoms with Gasteiger partial charge in [-0.25, -0.2) is 0 Å². The summed E-state index contributed by atoms with van der Waals surface area (Å²) >= 11 is 5.52. The Morgan fingerprint density at radius 2 is 1.54 bits per heavy atom. The normalized spacial score (nSPS) is 12.2. The predicted molar refractivity (Wildman–Crippen MR) is 102 cm³/mol. The first-order valence-electron chi connectivity index (χ1n) is 7.78. The minimum absolute atomic E-state index is 0.539. The number of ether oxygens (including phenoxy) is 1. The van der Waals surface area contributed by atoms with E-state index >= 15 is 0 Å². The Balaban J connectivity index is 1.58. The molecule has 4 heteroatoms. The minimum Gasteiger partial charge on any atom is -0.489 e. The van der Waals surface area contributed by atoms with Crippen molar-refractivity contribution in [3.05, 3.63) is 83.9 Å². The molecule has 0 radical (unpaired) electrons. The summed E-state index contributed by atoms with van der Waals surface area (Å²) in [6.45, 7) is 0.539. The van der Waals surface area contributed by atoms with Gasteiger partial charge in [0.05, 0.1) is 11.4 Å². The van der Waals surface area contributed by atoms with Gasteiger partial charge in [-0.15, -0.1) is 0 Å². The van der Waals surface area contributed by atoms with Crippen molar-refractivity contribution in [3.63, 3.8) is 0 Å². The third kappa shape index (κ3) is 2.96. The molecule has 0 saturated carbocycles. The van der Waals surface area contributed by atoms with Gasteiger partial charge in [0.1, 0.15) is 17.3 Å². The van der Waals surface area contributed by atoms with Crippen molar-refractivity contribution in [1.82, 2.24) is 0 Å². The van der Waals surface area contributed by atoms with Gasteiger partial charge in [0.2, 0.25) is 0 Å². The maximum atomic E-state index is 5.90. The van der Waals surface area contributed by atoms with Gasteiger partial charge in [-0.2, -0.15) is 0 Å². The minimum atomic E-state index is 0.539. The molecule has 0 saturated heterocycles. The van der Waals surface area contributed by atoms with Crippen LogP contribution in [0, 0.1) is 0 Å². The molecule has 2 N–H and O–H groups in total. The first kappa shape index (κ1) is 14.7. The zero-order valence-electron chi connectivity index (χ0n) is 13.0. The van der Waals surface area contributed by atoms with Crippen LogP contribution in [0.15, 0.2) is 72.8 Å². The second-order valence-electron chi connectivity index (χ2n) is 5.61. The monoisotopic (exact) mass is 332 g/mol. The van der Waals surface area contributed by atoms with E-state index in [9.17, 15) is 0 Å². The van der Waals surface area contributed by atoms with Crippen LogP contribution >= 0.6 is 12.2 Å². The van der Waals surface area contributed by atoms with Crippen molar-refractivity contribution < 1.29 is 4.74 Å². The highest BCUT2D eigenvalue weighted by molar-refractivity contribution is 7.81. The molecule has 0 bridgehead atoms. The molecule has 0 aromatic heterocycles. The average Bonchev–Trinajstić information content (AvgIpc) is 2.76. The lowest BCUT2D eigenvalue weighted by Gasteiger charge is -2.12. The number of nitrogens with one attached hydrogen (secondary N) is 2. The van der Waals surface area contributed by atoms with Gasteiger partial charge in [0.15, 0.2) is 0 Å². The molecule has 4 rings (SSSR count). The van der Waals surface area contributed by atoms with Crippen LogP contribution in [-0.2, 0) is 6.61 Å². The summed E-state index contributed by atoms with van der Waals surface area (Å²) in [4.78, 5) is 0.706. The molecule has 1 aliphatic heterocycles. The van der Waals surface area contributed by atoms with E-state index in [0.717, 1.165) is 33.9 Å². The van der Waals surface area contributed by atoms with E-state index in [1.807, 2.05) is 60.7 Å². The zero-order chi connectivity index (χ0) is 16.4. The molecule has 0 atom stereocenters. The summed E-state index contributed by atoms with van der Waals surface area (Å²) in [5.74, 6) is 0.806. The van der Waals surface area contributed by atoms with Crippen LogP contribution < -0.4 is 15.4 Å². The molecule has 118 valence electrons. The molecule has 3 aromatic rings. The van der Waals surface area contributed by atoms with Crippen LogP contribution in [0.3, 0.4) is 0 Å². The van der Waals surface area contributed by atoms with Crippen molar-refractivity contribution in [2.75, 3.05) is 10.6 Å². The molecule has 0 spiro atoms. The van der Waals surface area contributed by atoms with Crippen LogP contribution in [0.5, 0.6) is 5.75 Å². The predicted octanol–water partition coefficient (Wildman–Crippen LogP) is 5.11. The van der Waals surface area contributed by atoms with E-state index in [0.29, 0.717) is 11.6 Å². The first-order valence-corrected chi connectivity index (χ1v) is 8.18. The smallest absolute Gasteiger partial charge is 0.122 e. The Kier molecular flexibility index (Phi) is 3.89. The highest BCUT2D eigenvalue weighted by atomic mass is 32.1. The molecule has 0 fully saturated rings. The van der Waals surface area contributed by atoms with Crippen molar-refractivity contribution in [3.8, 4) is 5.75 Å². The lowest BCUT2D eigenvalue weighted by molar-refractivity contribution is 0.306. The van der Waals surface area contributed by atoms with E-state index < -0.39 is 0 Å². The Labute approximate surface area is 146 Å². The number of benzene rings is 3. The fraction of sp³-hybridized carbons (Fsp3) is 0.0500. The van der Waals surface area contributed by atoms with Gasteiger partial charge < -0.3 is 15.4 Å². The largest absolute Gasteiger partial charge is 0.489 e. The Morgan fingerprint density at radius 1 is 0.750 bits per heavy atom. The number of anilines is 3. The summed E-state index contributed by atoms with van der Waals surface area (Å²) in [5, 5.41) is 6.73. The SMILES string of the molecule is S=C1Nc2cc(OCc3ccccc3)ccc2Nc2ccccc21.